The van der Waals surface area contributed by atoms with Crippen molar-refractivity contribution in [3.63, 3.8) is 0 Å². The number of hydrogen-bond donors (Lipinski definition) is 2. The molecule has 0 aliphatic carbocycles. The largest absolute Gasteiger partial charge is 0.344 e. The number of amides is 2. The first-order valence-electron chi connectivity index (χ1n) is 9.08. The van der Waals surface area contributed by atoms with Crippen LogP contribution >= 0.6 is 23.2 Å². The Labute approximate surface area is 179 Å². The van der Waals surface area contributed by atoms with Crippen LogP contribution in [0.2, 0.25) is 10.0 Å². The molecule has 0 aliphatic heterocycles. The lowest BCUT2D eigenvalue weighted by Gasteiger charge is -2.20. The van der Waals surface area contributed by atoms with Gasteiger partial charge in [-0.15, -0.1) is 0 Å². The van der Waals surface area contributed by atoms with E-state index in [-0.39, 0.29) is 24.4 Å². The number of carbonyl (C=O) groups is 2. The first-order chi connectivity index (χ1) is 13.9. The second kappa shape index (κ2) is 9.59. The summed E-state index contributed by atoms with van der Waals surface area (Å²) < 4.78 is 0. The molecule has 1 atom stereocenters. The Morgan fingerprint density at radius 1 is 0.862 bits per heavy atom. The molecule has 2 amide bonds. The second-order valence-corrected chi connectivity index (χ2v) is 7.48. The lowest BCUT2D eigenvalue weighted by molar-refractivity contribution is -0.120. The number of hydrogen-bond acceptors (Lipinski definition) is 2. The smallest absolute Gasteiger partial charge is 0.251 e. The topological polar surface area (TPSA) is 58.2 Å². The van der Waals surface area contributed by atoms with E-state index >= 15 is 0 Å². The highest BCUT2D eigenvalue weighted by molar-refractivity contribution is 6.31. The van der Waals surface area contributed by atoms with E-state index in [1.54, 1.807) is 37.3 Å². The van der Waals surface area contributed by atoms with Crippen molar-refractivity contribution in [2.24, 2.45) is 0 Å². The standard InChI is InChI=1S/C23H20Cl2N2O2/c1-15-13-19(25)11-12-20(15)23(29)26-14-21(28)27-22(16-5-3-2-4-6-16)17-7-9-18(24)10-8-17/h2-13,22H,14H2,1H3,(H,26,29)(H,27,28). The fraction of sp³-hybridized carbons (Fsp3) is 0.130. The van der Waals surface area contributed by atoms with E-state index in [9.17, 15) is 9.59 Å². The minimum absolute atomic E-state index is 0.141. The maximum Gasteiger partial charge on any atom is 0.251 e. The van der Waals surface area contributed by atoms with Gasteiger partial charge < -0.3 is 10.6 Å². The number of carbonyl (C=O) groups excluding carboxylic acids is 2. The molecule has 0 heterocycles. The minimum Gasteiger partial charge on any atom is -0.344 e. The molecule has 0 saturated heterocycles. The van der Waals surface area contributed by atoms with Gasteiger partial charge in [0.15, 0.2) is 0 Å². The second-order valence-electron chi connectivity index (χ2n) is 6.60. The van der Waals surface area contributed by atoms with Crippen molar-refractivity contribution in [1.82, 2.24) is 10.6 Å². The summed E-state index contributed by atoms with van der Waals surface area (Å²) in [6, 6.07) is 21.6. The highest BCUT2D eigenvalue weighted by Crippen LogP contribution is 2.23. The van der Waals surface area contributed by atoms with Crippen LogP contribution in [0, 0.1) is 6.92 Å². The number of nitrogens with one attached hydrogen (secondary N) is 2. The number of benzene rings is 3. The van der Waals surface area contributed by atoms with Crippen molar-refractivity contribution in [2.75, 3.05) is 6.54 Å². The van der Waals surface area contributed by atoms with Gasteiger partial charge >= 0.3 is 0 Å². The van der Waals surface area contributed by atoms with Gasteiger partial charge in [0.25, 0.3) is 5.91 Å². The Morgan fingerprint density at radius 2 is 1.48 bits per heavy atom. The van der Waals surface area contributed by atoms with E-state index < -0.39 is 0 Å². The van der Waals surface area contributed by atoms with Crippen LogP contribution in [-0.4, -0.2) is 18.4 Å². The molecule has 148 valence electrons. The Balaban J connectivity index is 1.70. The van der Waals surface area contributed by atoms with Crippen molar-refractivity contribution >= 4 is 35.0 Å². The van der Waals surface area contributed by atoms with Crippen LogP contribution in [-0.2, 0) is 4.79 Å². The quantitative estimate of drug-likeness (QED) is 0.586. The van der Waals surface area contributed by atoms with Crippen LogP contribution in [0.3, 0.4) is 0 Å². The zero-order valence-corrected chi connectivity index (χ0v) is 17.3. The molecule has 0 saturated carbocycles. The van der Waals surface area contributed by atoms with Crippen LogP contribution in [0.5, 0.6) is 0 Å². The number of aryl methyl sites for hydroxylation is 1. The third-order valence-corrected chi connectivity index (χ3v) is 4.97. The summed E-state index contributed by atoms with van der Waals surface area (Å²) in [5.74, 6) is -0.620. The average Bonchev–Trinajstić information content (AvgIpc) is 2.71. The van der Waals surface area contributed by atoms with Gasteiger partial charge in [0, 0.05) is 15.6 Å². The third kappa shape index (κ3) is 5.59. The maximum atomic E-state index is 12.6. The number of halogens is 2. The average molecular weight is 427 g/mol. The zero-order chi connectivity index (χ0) is 20.8. The molecule has 0 radical (unpaired) electrons. The minimum atomic E-state index is -0.352. The summed E-state index contributed by atoms with van der Waals surface area (Å²) in [6.07, 6.45) is 0. The van der Waals surface area contributed by atoms with Crippen molar-refractivity contribution in [3.05, 3.63) is 105 Å². The molecular formula is C23H20Cl2N2O2. The molecule has 0 bridgehead atoms. The molecule has 0 aliphatic rings. The van der Waals surface area contributed by atoms with Gasteiger partial charge in [0.1, 0.15) is 0 Å². The summed E-state index contributed by atoms with van der Waals surface area (Å²) >= 11 is 11.9. The number of rotatable bonds is 6. The zero-order valence-electron chi connectivity index (χ0n) is 15.8. The van der Waals surface area contributed by atoms with E-state index in [1.165, 1.54) is 0 Å². The summed E-state index contributed by atoms with van der Waals surface area (Å²) in [7, 11) is 0. The summed E-state index contributed by atoms with van der Waals surface area (Å²) in [6.45, 7) is 1.66. The Kier molecular flexibility index (Phi) is 6.91. The molecule has 2 N–H and O–H groups in total. The SMILES string of the molecule is Cc1cc(Cl)ccc1C(=O)NCC(=O)NC(c1ccccc1)c1ccc(Cl)cc1. The first-order valence-corrected chi connectivity index (χ1v) is 9.84. The lowest BCUT2D eigenvalue weighted by Crippen LogP contribution is -2.39. The van der Waals surface area contributed by atoms with Gasteiger partial charge in [0.05, 0.1) is 12.6 Å². The van der Waals surface area contributed by atoms with Crippen LogP contribution in [0.1, 0.15) is 33.1 Å². The molecule has 0 fully saturated rings. The molecule has 3 aromatic carbocycles. The molecule has 29 heavy (non-hydrogen) atoms. The van der Waals surface area contributed by atoms with Crippen molar-refractivity contribution < 1.29 is 9.59 Å². The van der Waals surface area contributed by atoms with Crippen molar-refractivity contribution in [2.45, 2.75) is 13.0 Å². The Hall–Kier alpha value is -2.82. The van der Waals surface area contributed by atoms with E-state index in [0.717, 1.165) is 16.7 Å². The fourth-order valence-electron chi connectivity index (χ4n) is 3.01. The van der Waals surface area contributed by atoms with Crippen LogP contribution < -0.4 is 10.6 Å². The highest BCUT2D eigenvalue weighted by atomic mass is 35.5. The fourth-order valence-corrected chi connectivity index (χ4v) is 3.36. The van der Waals surface area contributed by atoms with Crippen molar-refractivity contribution in [3.8, 4) is 0 Å². The predicted octanol–water partition coefficient (Wildman–Crippen LogP) is 4.94. The molecule has 6 heteroatoms. The molecule has 0 aromatic heterocycles. The summed E-state index contributed by atoms with van der Waals surface area (Å²) in [5.41, 5.74) is 3.06. The highest BCUT2D eigenvalue weighted by Gasteiger charge is 2.18. The predicted molar refractivity (Wildman–Crippen MR) is 116 cm³/mol. The Bertz CT molecular complexity index is 1010. The molecular weight excluding hydrogens is 407 g/mol. The third-order valence-electron chi connectivity index (χ3n) is 4.48. The first kappa shape index (κ1) is 20.9. The van der Waals surface area contributed by atoms with Gasteiger partial charge in [-0.2, -0.15) is 0 Å². The van der Waals surface area contributed by atoms with E-state index in [4.69, 9.17) is 23.2 Å². The normalized spacial score (nSPS) is 11.6. The maximum absolute atomic E-state index is 12.6. The van der Waals surface area contributed by atoms with E-state index in [2.05, 4.69) is 10.6 Å². The van der Waals surface area contributed by atoms with Gasteiger partial charge in [-0.3, -0.25) is 9.59 Å². The Morgan fingerprint density at radius 3 is 2.14 bits per heavy atom. The van der Waals surface area contributed by atoms with Crippen LogP contribution in [0.4, 0.5) is 0 Å². The van der Waals surface area contributed by atoms with Crippen molar-refractivity contribution in [1.29, 1.82) is 0 Å². The van der Waals surface area contributed by atoms with Gasteiger partial charge in [-0.1, -0.05) is 65.7 Å². The van der Waals surface area contributed by atoms with E-state index in [0.29, 0.717) is 15.6 Å². The van der Waals surface area contributed by atoms with Gasteiger partial charge in [-0.05, 0) is 53.9 Å². The summed E-state index contributed by atoms with van der Waals surface area (Å²) in [4.78, 5) is 25.0. The molecule has 3 rings (SSSR count). The van der Waals surface area contributed by atoms with Gasteiger partial charge in [0.2, 0.25) is 5.91 Å². The lowest BCUT2D eigenvalue weighted by atomic mass is 9.98. The van der Waals surface area contributed by atoms with Crippen LogP contribution in [0.25, 0.3) is 0 Å². The van der Waals surface area contributed by atoms with Gasteiger partial charge in [-0.25, -0.2) is 0 Å². The van der Waals surface area contributed by atoms with E-state index in [1.807, 2.05) is 42.5 Å². The monoisotopic (exact) mass is 426 g/mol. The summed E-state index contributed by atoms with van der Waals surface area (Å²) in [5, 5.41) is 6.83. The molecule has 4 nitrogen and oxygen atoms in total. The van der Waals surface area contributed by atoms with Crippen LogP contribution in [0.15, 0.2) is 72.8 Å². The molecule has 0 spiro atoms. The molecule has 1 unspecified atom stereocenters. The molecule has 3 aromatic rings.